The summed E-state index contributed by atoms with van der Waals surface area (Å²) in [6, 6.07) is 0. The highest BCUT2D eigenvalue weighted by Crippen LogP contribution is 2.32. The van der Waals surface area contributed by atoms with Crippen molar-refractivity contribution in [1.82, 2.24) is 0 Å². The SMILES string of the molecule is C[C@H]1O[C@@H](O[C@H]2[C@H](O)[C@@H](O)[C@H](O[C@H]3[C@H](O)[C@@H](O)[C@H](O)O[C@@H]3CO)O[C@@H]2CO)[C@H](O)[C@@H](O)[C@H]1O. The molecule has 3 aliphatic rings. The van der Waals surface area contributed by atoms with Gasteiger partial charge in [-0.2, -0.15) is 0 Å². The minimum absolute atomic E-state index is 0.741. The van der Waals surface area contributed by atoms with Crippen LogP contribution in [0.15, 0.2) is 0 Å². The van der Waals surface area contributed by atoms with Crippen LogP contribution in [0.4, 0.5) is 0 Å². The molecule has 15 atom stereocenters. The first-order valence-electron chi connectivity index (χ1n) is 10.4. The predicted octanol–water partition coefficient (Wildman–Crippen LogP) is -6.55. The molecular weight excluding hydrogens is 456 g/mol. The third-order valence-corrected chi connectivity index (χ3v) is 6.05. The Bertz CT molecular complexity index is 622. The highest BCUT2D eigenvalue weighted by atomic mass is 16.7. The van der Waals surface area contributed by atoms with Crippen molar-refractivity contribution >= 4 is 0 Å². The van der Waals surface area contributed by atoms with Gasteiger partial charge >= 0.3 is 0 Å². The minimum atomic E-state index is -1.86. The summed E-state index contributed by atoms with van der Waals surface area (Å²) in [6.45, 7) is -0.103. The van der Waals surface area contributed by atoms with Gasteiger partial charge in [0.2, 0.25) is 0 Å². The molecule has 10 N–H and O–H groups in total. The van der Waals surface area contributed by atoms with Crippen LogP contribution in [0.25, 0.3) is 0 Å². The molecule has 0 amide bonds. The van der Waals surface area contributed by atoms with E-state index in [9.17, 15) is 51.1 Å². The zero-order valence-corrected chi connectivity index (χ0v) is 17.6. The fraction of sp³-hybridized carbons (Fsp3) is 1.00. The van der Waals surface area contributed by atoms with Crippen molar-refractivity contribution in [3.05, 3.63) is 0 Å². The van der Waals surface area contributed by atoms with Crippen molar-refractivity contribution in [3.8, 4) is 0 Å². The van der Waals surface area contributed by atoms with Crippen LogP contribution in [0, 0.1) is 0 Å². The van der Waals surface area contributed by atoms with E-state index in [1.807, 2.05) is 0 Å². The van der Waals surface area contributed by atoms with E-state index >= 15 is 0 Å². The zero-order valence-electron chi connectivity index (χ0n) is 17.6. The van der Waals surface area contributed by atoms with Crippen molar-refractivity contribution in [3.63, 3.8) is 0 Å². The number of rotatable bonds is 6. The Labute approximate surface area is 187 Å². The lowest BCUT2D eigenvalue weighted by Gasteiger charge is -2.47. The Morgan fingerprint density at radius 1 is 0.545 bits per heavy atom. The van der Waals surface area contributed by atoms with Gasteiger partial charge in [-0.3, -0.25) is 0 Å². The molecule has 0 spiro atoms. The van der Waals surface area contributed by atoms with Gasteiger partial charge in [0.25, 0.3) is 0 Å². The molecule has 0 aromatic rings. The lowest BCUT2D eigenvalue weighted by molar-refractivity contribution is -0.376. The Morgan fingerprint density at radius 3 is 1.55 bits per heavy atom. The van der Waals surface area contributed by atoms with Crippen molar-refractivity contribution in [1.29, 1.82) is 0 Å². The monoisotopic (exact) mass is 488 g/mol. The Kier molecular flexibility index (Phi) is 8.99. The van der Waals surface area contributed by atoms with E-state index in [1.165, 1.54) is 6.92 Å². The molecule has 3 aliphatic heterocycles. The van der Waals surface area contributed by atoms with Gasteiger partial charge in [0.05, 0.1) is 19.3 Å². The van der Waals surface area contributed by atoms with Crippen molar-refractivity contribution in [2.24, 2.45) is 0 Å². The maximum atomic E-state index is 10.6. The van der Waals surface area contributed by atoms with Crippen LogP contribution in [0.3, 0.4) is 0 Å². The number of aliphatic hydroxyl groups excluding tert-OH is 10. The molecule has 0 radical (unpaired) electrons. The molecule has 0 aromatic heterocycles. The first-order valence-corrected chi connectivity index (χ1v) is 10.4. The molecule has 0 unspecified atom stereocenters. The second-order valence-electron chi connectivity index (χ2n) is 8.32. The summed E-state index contributed by atoms with van der Waals surface area (Å²) in [5.41, 5.74) is 0. The molecule has 0 aliphatic carbocycles. The van der Waals surface area contributed by atoms with Crippen molar-refractivity contribution < 1.29 is 74.7 Å². The van der Waals surface area contributed by atoms with E-state index in [0.717, 1.165) is 0 Å². The molecule has 0 aromatic carbocycles. The first kappa shape index (κ1) is 27.0. The van der Waals surface area contributed by atoms with Crippen molar-refractivity contribution in [2.45, 2.75) is 99.0 Å². The van der Waals surface area contributed by atoms with Crippen LogP contribution in [-0.4, -0.2) is 156 Å². The third-order valence-electron chi connectivity index (χ3n) is 6.05. The summed E-state index contributed by atoms with van der Waals surface area (Å²) in [5, 5.41) is 99.7. The molecule has 3 heterocycles. The maximum Gasteiger partial charge on any atom is 0.187 e. The van der Waals surface area contributed by atoms with Crippen LogP contribution in [0.2, 0.25) is 0 Å². The summed E-state index contributed by atoms with van der Waals surface area (Å²) < 4.78 is 26.6. The molecule has 15 heteroatoms. The van der Waals surface area contributed by atoms with Gasteiger partial charge < -0.3 is 74.7 Å². The van der Waals surface area contributed by atoms with Gasteiger partial charge in [-0.25, -0.2) is 0 Å². The average molecular weight is 488 g/mol. The third kappa shape index (κ3) is 5.32. The number of aliphatic hydroxyl groups is 10. The van der Waals surface area contributed by atoms with Gasteiger partial charge in [0.15, 0.2) is 18.9 Å². The largest absolute Gasteiger partial charge is 0.394 e. The Morgan fingerprint density at radius 2 is 1.00 bits per heavy atom. The van der Waals surface area contributed by atoms with Crippen LogP contribution in [0.5, 0.6) is 0 Å². The van der Waals surface area contributed by atoms with E-state index < -0.39 is 105 Å². The lowest BCUT2D eigenvalue weighted by atomic mass is 9.96. The van der Waals surface area contributed by atoms with Gasteiger partial charge in [-0.1, -0.05) is 0 Å². The van der Waals surface area contributed by atoms with E-state index in [1.54, 1.807) is 0 Å². The Balaban J connectivity index is 1.71. The molecule has 194 valence electrons. The molecule has 0 bridgehead atoms. The van der Waals surface area contributed by atoms with Crippen LogP contribution in [0.1, 0.15) is 6.92 Å². The molecule has 33 heavy (non-hydrogen) atoms. The zero-order chi connectivity index (χ0) is 24.6. The minimum Gasteiger partial charge on any atom is -0.394 e. The molecule has 15 nitrogen and oxygen atoms in total. The van der Waals surface area contributed by atoms with Gasteiger partial charge in [0, 0.05) is 0 Å². The molecule has 3 fully saturated rings. The van der Waals surface area contributed by atoms with Crippen LogP contribution >= 0.6 is 0 Å². The number of ether oxygens (including phenoxy) is 5. The number of hydrogen-bond acceptors (Lipinski definition) is 15. The average Bonchev–Trinajstić information content (AvgIpc) is 2.80. The van der Waals surface area contributed by atoms with Gasteiger partial charge in [-0.15, -0.1) is 0 Å². The molecule has 0 saturated carbocycles. The normalized spacial score (nSPS) is 53.7. The summed E-state index contributed by atoms with van der Waals surface area (Å²) in [4.78, 5) is 0. The van der Waals surface area contributed by atoms with E-state index in [4.69, 9.17) is 23.7 Å². The highest BCUT2D eigenvalue weighted by Gasteiger charge is 2.52. The maximum absolute atomic E-state index is 10.6. The van der Waals surface area contributed by atoms with Gasteiger partial charge in [-0.05, 0) is 6.92 Å². The summed E-state index contributed by atoms with van der Waals surface area (Å²) in [7, 11) is 0. The fourth-order valence-electron chi connectivity index (χ4n) is 4.00. The van der Waals surface area contributed by atoms with E-state index in [0.29, 0.717) is 0 Å². The molecule has 3 saturated heterocycles. The van der Waals surface area contributed by atoms with E-state index in [2.05, 4.69) is 0 Å². The number of hydrogen-bond donors (Lipinski definition) is 10. The van der Waals surface area contributed by atoms with Crippen molar-refractivity contribution in [2.75, 3.05) is 13.2 Å². The summed E-state index contributed by atoms with van der Waals surface area (Å²) >= 11 is 0. The molecule has 3 rings (SSSR count). The summed E-state index contributed by atoms with van der Waals surface area (Å²) in [6.07, 6.45) is -23.7. The van der Waals surface area contributed by atoms with Crippen LogP contribution in [-0.2, 0) is 23.7 Å². The standard InChI is InChI=1S/C18H32O15/c1-4-7(21)8(22)12(26)17(29-4)32-15-6(3-20)31-18(13(27)10(15)24)33-14-5(2-19)30-16(28)11(25)9(14)23/h4-28H,2-3H2,1H3/t4-,5-,6-,7+,8+,9-,10-,11-,12-,13-,14-,15-,16-,17+,18+/m1/s1. The fourth-order valence-corrected chi connectivity index (χ4v) is 4.00. The smallest absolute Gasteiger partial charge is 0.187 e. The highest BCUT2D eigenvalue weighted by molar-refractivity contribution is 4.95. The molecular formula is C18H32O15. The van der Waals surface area contributed by atoms with Crippen LogP contribution < -0.4 is 0 Å². The van der Waals surface area contributed by atoms with E-state index in [-0.39, 0.29) is 0 Å². The Hall–Kier alpha value is -0.600. The second-order valence-corrected chi connectivity index (χ2v) is 8.32. The quantitative estimate of drug-likeness (QED) is 0.167. The lowest BCUT2D eigenvalue weighted by Crippen LogP contribution is -2.66. The predicted molar refractivity (Wildman–Crippen MR) is 99.8 cm³/mol. The topological polar surface area (TPSA) is 248 Å². The first-order chi connectivity index (χ1) is 15.5. The van der Waals surface area contributed by atoms with Gasteiger partial charge in [0.1, 0.15) is 67.1 Å². The second kappa shape index (κ2) is 11.0. The summed E-state index contributed by atoms with van der Waals surface area (Å²) in [5.74, 6) is 0.